The molecule has 0 aliphatic carbocycles. The quantitative estimate of drug-likeness (QED) is 0.307. The highest BCUT2D eigenvalue weighted by atomic mass is 35.5. The summed E-state index contributed by atoms with van der Waals surface area (Å²) in [5, 5.41) is 0. The Balaban J connectivity index is 0. The molecule has 0 aromatic rings. The van der Waals surface area contributed by atoms with Crippen molar-refractivity contribution in [3.63, 3.8) is 0 Å². The van der Waals surface area contributed by atoms with E-state index in [0.717, 1.165) is 10.9 Å². The van der Waals surface area contributed by atoms with Crippen molar-refractivity contribution in [2.24, 2.45) is 0 Å². The normalized spacial score (nSPS) is 12.6. The van der Waals surface area contributed by atoms with Gasteiger partial charge in [-0.3, -0.25) is 9.69 Å². The van der Waals surface area contributed by atoms with Crippen LogP contribution in [0.4, 0.5) is 0 Å². The van der Waals surface area contributed by atoms with Crippen molar-refractivity contribution in [2.45, 2.75) is 19.5 Å². The molecule has 4 heteroatoms. The SMILES string of the molecule is C=CC(=O)N(C)C(CC)[N+](C)(C)C.[Cl-]. The van der Waals surface area contributed by atoms with Crippen LogP contribution in [0, 0.1) is 0 Å². The molecule has 0 fully saturated rings. The van der Waals surface area contributed by atoms with Crippen LogP contribution in [0.3, 0.4) is 0 Å². The molecule has 0 aromatic heterocycles. The molecule has 1 amide bonds. The second kappa shape index (κ2) is 6.04. The minimum absolute atomic E-state index is 0. The molecule has 0 heterocycles. The number of hydrogen-bond acceptors (Lipinski definition) is 1. The van der Waals surface area contributed by atoms with Crippen LogP contribution in [0.2, 0.25) is 0 Å². The van der Waals surface area contributed by atoms with Gasteiger partial charge in [-0.15, -0.1) is 0 Å². The first-order valence-electron chi connectivity index (χ1n) is 4.55. The van der Waals surface area contributed by atoms with Gasteiger partial charge in [-0.2, -0.15) is 0 Å². The van der Waals surface area contributed by atoms with E-state index in [9.17, 15) is 4.79 Å². The lowest BCUT2D eigenvalue weighted by Gasteiger charge is -2.38. The van der Waals surface area contributed by atoms with Crippen molar-refractivity contribution in [1.29, 1.82) is 0 Å². The highest BCUT2D eigenvalue weighted by Crippen LogP contribution is 2.11. The lowest BCUT2D eigenvalue weighted by Crippen LogP contribution is -3.00. The number of halogens is 1. The lowest BCUT2D eigenvalue weighted by molar-refractivity contribution is -0.906. The molecule has 0 aromatic carbocycles. The van der Waals surface area contributed by atoms with Crippen molar-refractivity contribution in [3.05, 3.63) is 12.7 Å². The fraction of sp³-hybridized carbons (Fsp3) is 0.700. The van der Waals surface area contributed by atoms with Gasteiger partial charge in [0.25, 0.3) is 0 Å². The molecule has 3 nitrogen and oxygen atoms in total. The maximum Gasteiger partial charge on any atom is 0.250 e. The minimum Gasteiger partial charge on any atom is -1.00 e. The summed E-state index contributed by atoms with van der Waals surface area (Å²) in [5.41, 5.74) is 0. The Morgan fingerprint density at radius 1 is 1.50 bits per heavy atom. The van der Waals surface area contributed by atoms with E-state index in [1.807, 2.05) is 7.05 Å². The first-order valence-corrected chi connectivity index (χ1v) is 4.55. The standard InChI is InChI=1S/C10H21N2O.ClH/c1-7-9(12(4,5)6)11(3)10(13)8-2;/h8-9H,2,7H2,1,3-6H3;1H/q+1;/p-1. The molecule has 0 N–H and O–H groups in total. The van der Waals surface area contributed by atoms with Crippen molar-refractivity contribution >= 4 is 5.91 Å². The van der Waals surface area contributed by atoms with Gasteiger partial charge in [0, 0.05) is 13.5 Å². The molecule has 1 unspecified atom stereocenters. The van der Waals surface area contributed by atoms with Crippen LogP contribution >= 0.6 is 0 Å². The van der Waals surface area contributed by atoms with Gasteiger partial charge >= 0.3 is 0 Å². The van der Waals surface area contributed by atoms with E-state index in [-0.39, 0.29) is 24.5 Å². The second-order valence-electron chi connectivity index (χ2n) is 4.16. The summed E-state index contributed by atoms with van der Waals surface area (Å²) in [7, 11) is 8.07. The topological polar surface area (TPSA) is 20.3 Å². The van der Waals surface area contributed by atoms with E-state index < -0.39 is 0 Å². The number of hydrogen-bond donors (Lipinski definition) is 0. The molecule has 14 heavy (non-hydrogen) atoms. The zero-order chi connectivity index (χ0) is 10.6. The van der Waals surface area contributed by atoms with Crippen LogP contribution in [0.5, 0.6) is 0 Å². The average Bonchev–Trinajstić information content (AvgIpc) is 2.01. The maximum absolute atomic E-state index is 11.4. The molecule has 0 bridgehead atoms. The van der Waals surface area contributed by atoms with E-state index >= 15 is 0 Å². The Hall–Kier alpha value is -0.540. The smallest absolute Gasteiger partial charge is 0.250 e. The van der Waals surface area contributed by atoms with Crippen LogP contribution in [0.15, 0.2) is 12.7 Å². The average molecular weight is 221 g/mol. The Kier molecular flexibility index (Phi) is 6.86. The van der Waals surface area contributed by atoms with Gasteiger partial charge in [0.2, 0.25) is 5.91 Å². The number of rotatable bonds is 4. The molecular weight excluding hydrogens is 200 g/mol. The Labute approximate surface area is 93.4 Å². The summed E-state index contributed by atoms with van der Waals surface area (Å²) in [6, 6.07) is 0. The predicted molar refractivity (Wildman–Crippen MR) is 55.1 cm³/mol. The summed E-state index contributed by atoms with van der Waals surface area (Å²) in [5.74, 6) is -0.0140. The third-order valence-corrected chi connectivity index (χ3v) is 2.23. The van der Waals surface area contributed by atoms with Gasteiger partial charge in [0.15, 0.2) is 6.17 Å². The highest BCUT2D eigenvalue weighted by molar-refractivity contribution is 5.86. The van der Waals surface area contributed by atoms with Gasteiger partial charge in [-0.1, -0.05) is 13.5 Å². The number of carbonyl (C=O) groups is 1. The van der Waals surface area contributed by atoms with Crippen LogP contribution in [0.25, 0.3) is 0 Å². The third-order valence-electron chi connectivity index (χ3n) is 2.23. The maximum atomic E-state index is 11.4. The molecule has 84 valence electrons. The van der Waals surface area contributed by atoms with Gasteiger partial charge in [-0.25, -0.2) is 0 Å². The molecule has 0 aliphatic heterocycles. The number of likely N-dealkylation sites (N-methyl/N-ethyl adjacent to an activating group) is 1. The van der Waals surface area contributed by atoms with Gasteiger partial charge in [-0.05, 0) is 6.08 Å². The zero-order valence-electron chi connectivity index (χ0n) is 9.75. The van der Waals surface area contributed by atoms with Crippen molar-refractivity contribution < 1.29 is 21.7 Å². The van der Waals surface area contributed by atoms with Crippen LogP contribution in [0.1, 0.15) is 13.3 Å². The molecule has 0 saturated heterocycles. The molecule has 0 aliphatic rings. The van der Waals surface area contributed by atoms with Gasteiger partial charge in [0.05, 0.1) is 21.1 Å². The summed E-state index contributed by atoms with van der Waals surface area (Å²) in [4.78, 5) is 13.1. The highest BCUT2D eigenvalue weighted by Gasteiger charge is 2.27. The number of quaternary nitrogens is 1. The number of nitrogens with zero attached hydrogens (tertiary/aromatic N) is 2. The number of amides is 1. The van der Waals surface area contributed by atoms with Crippen LogP contribution < -0.4 is 12.4 Å². The van der Waals surface area contributed by atoms with Crippen molar-refractivity contribution in [3.8, 4) is 0 Å². The fourth-order valence-corrected chi connectivity index (χ4v) is 1.63. The summed E-state index contributed by atoms with van der Waals surface area (Å²) in [6.45, 7) is 5.57. The molecule has 0 saturated carbocycles. The summed E-state index contributed by atoms with van der Waals surface area (Å²) in [6.07, 6.45) is 2.52. The van der Waals surface area contributed by atoms with Crippen LogP contribution in [-0.2, 0) is 4.79 Å². The van der Waals surface area contributed by atoms with E-state index in [1.165, 1.54) is 6.08 Å². The lowest BCUT2D eigenvalue weighted by atomic mass is 10.2. The third kappa shape index (κ3) is 4.11. The molecule has 1 atom stereocenters. The summed E-state index contributed by atoms with van der Waals surface area (Å²) >= 11 is 0. The van der Waals surface area contributed by atoms with Gasteiger partial charge < -0.3 is 16.9 Å². The second-order valence-corrected chi connectivity index (χ2v) is 4.16. The molecular formula is C10H21ClN2O. The Bertz CT molecular complexity index is 199. The first kappa shape index (κ1) is 15.9. The zero-order valence-corrected chi connectivity index (χ0v) is 10.5. The molecule has 0 rings (SSSR count). The Morgan fingerprint density at radius 3 is 2.14 bits per heavy atom. The van der Waals surface area contributed by atoms with Gasteiger partial charge in [0.1, 0.15) is 0 Å². The van der Waals surface area contributed by atoms with E-state index in [0.29, 0.717) is 0 Å². The monoisotopic (exact) mass is 220 g/mol. The van der Waals surface area contributed by atoms with E-state index in [2.05, 4.69) is 34.6 Å². The fourth-order valence-electron chi connectivity index (χ4n) is 1.63. The molecule has 0 radical (unpaired) electrons. The van der Waals surface area contributed by atoms with E-state index in [4.69, 9.17) is 0 Å². The minimum atomic E-state index is -0.0140. The Morgan fingerprint density at radius 2 is 1.93 bits per heavy atom. The predicted octanol–water partition coefficient (Wildman–Crippen LogP) is -1.92. The summed E-state index contributed by atoms with van der Waals surface area (Å²) < 4.78 is 0.757. The van der Waals surface area contributed by atoms with Crippen molar-refractivity contribution in [2.75, 3.05) is 28.2 Å². The largest absolute Gasteiger partial charge is 1.00 e. The first-order chi connectivity index (χ1) is 5.84. The number of carbonyl (C=O) groups excluding carboxylic acids is 1. The van der Waals surface area contributed by atoms with E-state index in [1.54, 1.807) is 4.90 Å². The van der Waals surface area contributed by atoms with Crippen LogP contribution in [-0.4, -0.2) is 49.6 Å². The van der Waals surface area contributed by atoms with Crippen molar-refractivity contribution in [1.82, 2.24) is 4.90 Å². The molecule has 0 spiro atoms.